The van der Waals surface area contributed by atoms with Crippen molar-refractivity contribution in [2.75, 3.05) is 6.54 Å². The van der Waals surface area contributed by atoms with Crippen molar-refractivity contribution in [3.05, 3.63) is 44.5 Å². The molecule has 1 N–H and O–H groups in total. The molecule has 0 bridgehead atoms. The van der Waals surface area contributed by atoms with Gasteiger partial charge in [-0.3, -0.25) is 10.1 Å². The zero-order valence-electron chi connectivity index (χ0n) is 12.4. The fourth-order valence-electron chi connectivity index (χ4n) is 1.65. The molecule has 5 heteroatoms. The molecule has 1 aromatic carbocycles. The average molecular weight is 297 g/mol. The van der Waals surface area contributed by atoms with Gasteiger partial charge < -0.3 is 5.32 Å². The molecule has 0 fully saturated rings. The van der Waals surface area contributed by atoms with Gasteiger partial charge in [0, 0.05) is 18.2 Å². The molecule has 1 rings (SSSR count). The summed E-state index contributed by atoms with van der Waals surface area (Å²) in [6.07, 6.45) is 2.86. The van der Waals surface area contributed by atoms with Crippen LogP contribution in [0.2, 0.25) is 5.02 Å². The van der Waals surface area contributed by atoms with Crippen molar-refractivity contribution in [2.45, 2.75) is 39.7 Å². The van der Waals surface area contributed by atoms with Gasteiger partial charge in [-0.1, -0.05) is 36.2 Å². The van der Waals surface area contributed by atoms with Crippen LogP contribution < -0.4 is 5.32 Å². The number of hydrogen-bond donors (Lipinski definition) is 1. The minimum Gasteiger partial charge on any atom is -0.308 e. The zero-order chi connectivity index (χ0) is 15.3. The lowest BCUT2D eigenvalue weighted by atomic mass is 10.1. The number of benzene rings is 1. The summed E-state index contributed by atoms with van der Waals surface area (Å²) >= 11 is 5.81. The summed E-state index contributed by atoms with van der Waals surface area (Å²) in [4.78, 5) is 10.4. The van der Waals surface area contributed by atoms with Crippen LogP contribution in [0.5, 0.6) is 0 Å². The van der Waals surface area contributed by atoms with Crippen molar-refractivity contribution in [3.63, 3.8) is 0 Å². The fraction of sp³-hybridized carbons (Fsp3) is 0.467. The molecule has 0 heterocycles. The average Bonchev–Trinajstić information content (AvgIpc) is 2.35. The molecule has 0 saturated heterocycles. The first-order chi connectivity index (χ1) is 9.23. The second-order valence-corrected chi connectivity index (χ2v) is 6.13. The van der Waals surface area contributed by atoms with Crippen LogP contribution in [0.1, 0.15) is 39.7 Å². The van der Waals surface area contributed by atoms with Crippen LogP contribution in [0, 0.1) is 10.1 Å². The minimum absolute atomic E-state index is 0.0419. The van der Waals surface area contributed by atoms with Gasteiger partial charge in [0.05, 0.1) is 4.92 Å². The van der Waals surface area contributed by atoms with Crippen molar-refractivity contribution in [1.82, 2.24) is 5.32 Å². The highest BCUT2D eigenvalue weighted by atomic mass is 35.5. The molecule has 0 spiro atoms. The first-order valence-corrected chi connectivity index (χ1v) is 6.99. The molecule has 0 atom stereocenters. The van der Waals surface area contributed by atoms with E-state index in [0.29, 0.717) is 0 Å². The van der Waals surface area contributed by atoms with Crippen molar-refractivity contribution in [1.29, 1.82) is 0 Å². The number of rotatable bonds is 5. The van der Waals surface area contributed by atoms with Crippen molar-refractivity contribution >= 4 is 23.4 Å². The number of nitrogens with zero attached hydrogens (tertiary/aromatic N) is 1. The van der Waals surface area contributed by atoms with Crippen LogP contribution in [0.15, 0.2) is 23.8 Å². The van der Waals surface area contributed by atoms with E-state index in [2.05, 4.69) is 33.0 Å². The summed E-state index contributed by atoms with van der Waals surface area (Å²) in [5.74, 6) is 0. The van der Waals surface area contributed by atoms with Gasteiger partial charge in [-0.2, -0.15) is 0 Å². The first-order valence-electron chi connectivity index (χ1n) is 6.61. The molecule has 0 aliphatic carbocycles. The number of halogens is 1. The van der Waals surface area contributed by atoms with Crippen LogP contribution in [-0.4, -0.2) is 17.0 Å². The third-order valence-corrected chi connectivity index (χ3v) is 3.16. The second kappa shape index (κ2) is 6.86. The van der Waals surface area contributed by atoms with E-state index >= 15 is 0 Å². The predicted molar refractivity (Wildman–Crippen MR) is 84.1 cm³/mol. The smallest absolute Gasteiger partial charge is 0.288 e. The lowest BCUT2D eigenvalue weighted by molar-refractivity contribution is -0.384. The molecule has 0 radical (unpaired) electrons. The standard InChI is InChI=1S/C15H21ClN2O2/c1-5-11(10-17-15(2,3)4)8-12-6-7-13(16)14(9-12)18(19)20/h6-9,17H,5,10H2,1-4H3. The lowest BCUT2D eigenvalue weighted by Gasteiger charge is -2.21. The molecule has 0 aliphatic heterocycles. The van der Waals surface area contributed by atoms with Gasteiger partial charge in [0.1, 0.15) is 5.02 Å². The summed E-state index contributed by atoms with van der Waals surface area (Å²) < 4.78 is 0. The Hall–Kier alpha value is -1.39. The largest absolute Gasteiger partial charge is 0.308 e. The Labute approximate surface area is 125 Å². The van der Waals surface area contributed by atoms with E-state index in [9.17, 15) is 10.1 Å². The third-order valence-electron chi connectivity index (χ3n) is 2.84. The van der Waals surface area contributed by atoms with E-state index in [1.165, 1.54) is 11.6 Å². The van der Waals surface area contributed by atoms with Gasteiger partial charge in [0.2, 0.25) is 0 Å². The summed E-state index contributed by atoms with van der Waals surface area (Å²) in [5, 5.41) is 14.5. The topological polar surface area (TPSA) is 55.2 Å². The molecule has 0 aliphatic rings. The molecular formula is C15H21ClN2O2. The van der Waals surface area contributed by atoms with E-state index < -0.39 is 4.92 Å². The maximum atomic E-state index is 10.9. The van der Waals surface area contributed by atoms with Crippen LogP contribution in [0.3, 0.4) is 0 Å². The molecule has 20 heavy (non-hydrogen) atoms. The van der Waals surface area contributed by atoms with E-state index in [0.717, 1.165) is 18.5 Å². The number of nitrogens with one attached hydrogen (secondary N) is 1. The quantitative estimate of drug-likeness (QED) is 0.646. The van der Waals surface area contributed by atoms with E-state index in [4.69, 9.17) is 11.6 Å². The van der Waals surface area contributed by atoms with E-state index in [1.807, 2.05) is 6.08 Å². The minimum atomic E-state index is -0.460. The van der Waals surface area contributed by atoms with Gasteiger partial charge in [0.25, 0.3) is 5.69 Å². The summed E-state index contributed by atoms with van der Waals surface area (Å²) in [5.41, 5.74) is 1.98. The molecule has 110 valence electrons. The first kappa shape index (κ1) is 16.7. The lowest BCUT2D eigenvalue weighted by Crippen LogP contribution is -2.36. The summed E-state index contributed by atoms with van der Waals surface area (Å²) in [6.45, 7) is 9.14. The molecule has 0 aromatic heterocycles. The highest BCUT2D eigenvalue weighted by Crippen LogP contribution is 2.26. The van der Waals surface area contributed by atoms with Crippen molar-refractivity contribution < 1.29 is 4.92 Å². The Kier molecular flexibility index (Phi) is 5.72. The Morgan fingerprint density at radius 3 is 2.60 bits per heavy atom. The Morgan fingerprint density at radius 1 is 1.45 bits per heavy atom. The monoisotopic (exact) mass is 296 g/mol. The van der Waals surface area contributed by atoms with Gasteiger partial charge >= 0.3 is 0 Å². The van der Waals surface area contributed by atoms with Crippen LogP contribution in [0.25, 0.3) is 6.08 Å². The fourth-order valence-corrected chi connectivity index (χ4v) is 1.84. The molecular weight excluding hydrogens is 276 g/mol. The Balaban J connectivity index is 2.95. The Morgan fingerprint density at radius 2 is 2.10 bits per heavy atom. The van der Waals surface area contributed by atoms with Gasteiger partial charge in [-0.25, -0.2) is 0 Å². The number of nitro benzene ring substituents is 1. The highest BCUT2D eigenvalue weighted by Gasteiger charge is 2.13. The summed E-state index contributed by atoms with van der Waals surface area (Å²) in [6, 6.07) is 4.87. The maximum Gasteiger partial charge on any atom is 0.288 e. The Bertz CT molecular complexity index is 519. The highest BCUT2D eigenvalue weighted by molar-refractivity contribution is 6.32. The molecule has 0 saturated carbocycles. The van der Waals surface area contributed by atoms with Crippen LogP contribution in [-0.2, 0) is 0 Å². The van der Waals surface area contributed by atoms with E-state index in [-0.39, 0.29) is 16.2 Å². The van der Waals surface area contributed by atoms with Crippen molar-refractivity contribution in [2.24, 2.45) is 0 Å². The molecule has 0 unspecified atom stereocenters. The number of hydrogen-bond acceptors (Lipinski definition) is 3. The molecule has 4 nitrogen and oxygen atoms in total. The van der Waals surface area contributed by atoms with Crippen molar-refractivity contribution in [3.8, 4) is 0 Å². The van der Waals surface area contributed by atoms with Crippen LogP contribution >= 0.6 is 11.6 Å². The second-order valence-electron chi connectivity index (χ2n) is 5.73. The zero-order valence-corrected chi connectivity index (χ0v) is 13.1. The normalized spacial score (nSPS) is 12.6. The van der Waals surface area contributed by atoms with Gasteiger partial charge in [0.15, 0.2) is 0 Å². The van der Waals surface area contributed by atoms with E-state index in [1.54, 1.807) is 12.1 Å². The van der Waals surface area contributed by atoms with Crippen LogP contribution in [0.4, 0.5) is 5.69 Å². The van der Waals surface area contributed by atoms with Gasteiger partial charge in [-0.15, -0.1) is 0 Å². The molecule has 1 aromatic rings. The maximum absolute atomic E-state index is 10.9. The summed E-state index contributed by atoms with van der Waals surface area (Å²) in [7, 11) is 0. The van der Waals surface area contributed by atoms with Gasteiger partial charge in [-0.05, 0) is 38.8 Å². The predicted octanol–water partition coefficient (Wildman–Crippen LogP) is 4.43. The molecule has 0 amide bonds. The SMILES string of the molecule is CCC(=Cc1ccc(Cl)c([N+](=O)[O-])c1)CNC(C)(C)C. The number of nitro groups is 1. The third kappa shape index (κ3) is 5.31.